The van der Waals surface area contributed by atoms with Gasteiger partial charge in [0, 0.05) is 35.1 Å². The van der Waals surface area contributed by atoms with Crippen molar-refractivity contribution < 1.29 is 17.9 Å². The number of likely N-dealkylation sites (tertiary alicyclic amines) is 1. The molecular weight excluding hydrogens is 397 g/mol. The summed E-state index contributed by atoms with van der Waals surface area (Å²) in [5, 5.41) is 1.20. The first kappa shape index (κ1) is 16.8. The molecular formula is C15H13BrClF3N2O. The van der Waals surface area contributed by atoms with E-state index in [9.17, 15) is 13.2 Å². The van der Waals surface area contributed by atoms with Gasteiger partial charge in [-0.2, -0.15) is 13.2 Å². The molecule has 124 valence electrons. The van der Waals surface area contributed by atoms with Crippen molar-refractivity contribution in [2.45, 2.75) is 12.7 Å². The van der Waals surface area contributed by atoms with E-state index in [2.05, 4.69) is 20.9 Å². The lowest BCUT2D eigenvalue weighted by atomic mass is 9.98. The van der Waals surface area contributed by atoms with Crippen LogP contribution in [0.4, 0.5) is 13.2 Å². The Kier molecular flexibility index (Phi) is 4.46. The molecule has 0 bridgehead atoms. The lowest BCUT2D eigenvalue weighted by Crippen LogP contribution is -2.52. The van der Waals surface area contributed by atoms with Crippen LogP contribution in [-0.4, -0.2) is 36.3 Å². The van der Waals surface area contributed by atoms with E-state index >= 15 is 0 Å². The van der Waals surface area contributed by atoms with Crippen LogP contribution in [0.5, 0.6) is 5.88 Å². The minimum atomic E-state index is -4.14. The molecule has 3 nitrogen and oxygen atoms in total. The first-order valence-electron chi connectivity index (χ1n) is 6.90. The maximum atomic E-state index is 12.6. The number of ether oxygens (including phenoxy) is 1. The average Bonchev–Trinajstić information content (AvgIpc) is 2.43. The van der Waals surface area contributed by atoms with E-state index < -0.39 is 12.1 Å². The molecule has 0 saturated carbocycles. The van der Waals surface area contributed by atoms with Crippen molar-refractivity contribution in [3.63, 3.8) is 0 Å². The van der Waals surface area contributed by atoms with Gasteiger partial charge in [-0.15, -0.1) is 0 Å². The van der Waals surface area contributed by atoms with Crippen LogP contribution < -0.4 is 4.74 Å². The summed E-state index contributed by atoms with van der Waals surface area (Å²) in [6, 6.07) is 5.48. The van der Waals surface area contributed by atoms with Gasteiger partial charge >= 0.3 is 6.18 Å². The number of hydrogen-bond donors (Lipinski definition) is 0. The molecule has 23 heavy (non-hydrogen) atoms. The van der Waals surface area contributed by atoms with Crippen molar-refractivity contribution in [2.75, 3.05) is 20.2 Å². The number of methoxy groups -OCH3 is 1. The zero-order chi connectivity index (χ0) is 16.8. The second-order valence-corrected chi connectivity index (χ2v) is 6.80. The highest BCUT2D eigenvalue weighted by Gasteiger charge is 2.47. The normalized spacial score (nSPS) is 16.6. The third kappa shape index (κ3) is 3.27. The van der Waals surface area contributed by atoms with Gasteiger partial charge in [-0.25, -0.2) is 4.98 Å². The molecule has 0 unspecified atom stereocenters. The second-order valence-electron chi connectivity index (χ2n) is 5.51. The van der Waals surface area contributed by atoms with E-state index in [4.69, 9.17) is 16.3 Å². The van der Waals surface area contributed by atoms with Gasteiger partial charge < -0.3 is 4.74 Å². The van der Waals surface area contributed by atoms with E-state index in [1.165, 1.54) is 7.11 Å². The van der Waals surface area contributed by atoms with E-state index in [0.717, 1.165) is 9.86 Å². The quantitative estimate of drug-likeness (QED) is 0.738. The van der Waals surface area contributed by atoms with Gasteiger partial charge in [-0.3, -0.25) is 4.90 Å². The van der Waals surface area contributed by atoms with Crippen molar-refractivity contribution >= 4 is 38.4 Å². The lowest BCUT2D eigenvalue weighted by molar-refractivity contribution is -0.210. The summed E-state index contributed by atoms with van der Waals surface area (Å²) in [5.41, 5.74) is 1.29. The second kappa shape index (κ2) is 6.11. The minimum Gasteiger partial charge on any atom is -0.481 e. The van der Waals surface area contributed by atoms with Gasteiger partial charge in [-0.05, 0) is 18.2 Å². The summed E-state index contributed by atoms with van der Waals surface area (Å²) in [5.74, 6) is -0.921. The smallest absolute Gasteiger partial charge is 0.394 e. The molecule has 0 N–H and O–H groups in total. The third-order valence-electron chi connectivity index (χ3n) is 3.94. The van der Waals surface area contributed by atoms with Crippen molar-refractivity contribution in [3.05, 3.63) is 33.3 Å². The van der Waals surface area contributed by atoms with Crippen LogP contribution in [0.25, 0.3) is 10.9 Å². The van der Waals surface area contributed by atoms with Gasteiger partial charge in [0.1, 0.15) is 0 Å². The molecule has 3 rings (SSSR count). The Hall–Kier alpha value is -1.05. The Labute approximate surface area is 144 Å². The fourth-order valence-electron chi connectivity index (χ4n) is 2.65. The Balaban J connectivity index is 1.90. The number of halogens is 5. The summed E-state index contributed by atoms with van der Waals surface area (Å²) >= 11 is 9.84. The highest BCUT2D eigenvalue weighted by atomic mass is 79.9. The summed E-state index contributed by atoms with van der Waals surface area (Å²) in [7, 11) is 1.47. The number of alkyl halides is 3. The monoisotopic (exact) mass is 408 g/mol. The molecule has 1 aromatic heterocycles. The highest BCUT2D eigenvalue weighted by molar-refractivity contribution is 9.10. The molecule has 0 radical (unpaired) electrons. The summed E-state index contributed by atoms with van der Waals surface area (Å²) in [6.07, 6.45) is -4.14. The molecule has 0 spiro atoms. The zero-order valence-electron chi connectivity index (χ0n) is 12.1. The van der Waals surface area contributed by atoms with Crippen molar-refractivity contribution in [3.8, 4) is 5.88 Å². The van der Waals surface area contributed by atoms with Crippen molar-refractivity contribution in [1.29, 1.82) is 0 Å². The molecule has 1 aliphatic rings. The predicted octanol–water partition coefficient (Wildman–Crippen LogP) is 4.65. The number of hydrogen-bond acceptors (Lipinski definition) is 3. The molecule has 0 amide bonds. The first-order chi connectivity index (χ1) is 10.8. The maximum Gasteiger partial charge on any atom is 0.394 e. The highest BCUT2D eigenvalue weighted by Crippen LogP contribution is 2.38. The van der Waals surface area contributed by atoms with Gasteiger partial charge in [0.05, 0.1) is 23.6 Å². The van der Waals surface area contributed by atoms with E-state index in [-0.39, 0.29) is 19.6 Å². The average molecular weight is 410 g/mol. The fraction of sp³-hybridized carbons (Fsp3) is 0.400. The minimum absolute atomic E-state index is 0.0283. The van der Waals surface area contributed by atoms with Crippen LogP contribution in [-0.2, 0) is 6.54 Å². The number of benzene rings is 1. The van der Waals surface area contributed by atoms with Crippen LogP contribution in [0.1, 0.15) is 5.56 Å². The Bertz CT molecular complexity index is 748. The van der Waals surface area contributed by atoms with Gasteiger partial charge in [-0.1, -0.05) is 27.5 Å². The fourth-order valence-corrected chi connectivity index (χ4v) is 3.30. The Morgan fingerprint density at radius 1 is 1.39 bits per heavy atom. The number of nitrogens with zero attached hydrogens (tertiary/aromatic N) is 2. The van der Waals surface area contributed by atoms with E-state index in [0.29, 0.717) is 22.0 Å². The van der Waals surface area contributed by atoms with E-state index in [1.54, 1.807) is 11.0 Å². The maximum absolute atomic E-state index is 12.6. The summed E-state index contributed by atoms with van der Waals surface area (Å²) in [4.78, 5) is 6.09. The molecule has 1 aromatic carbocycles. The van der Waals surface area contributed by atoms with Crippen LogP contribution in [0.2, 0.25) is 5.02 Å². The molecule has 0 aliphatic carbocycles. The van der Waals surface area contributed by atoms with Crippen LogP contribution in [0.15, 0.2) is 22.7 Å². The molecule has 2 aromatic rings. The van der Waals surface area contributed by atoms with Crippen LogP contribution in [0, 0.1) is 5.92 Å². The summed E-state index contributed by atoms with van der Waals surface area (Å²) in [6.45, 7) is 0.225. The Morgan fingerprint density at radius 2 is 2.09 bits per heavy atom. The molecule has 8 heteroatoms. The number of pyridine rings is 1. The van der Waals surface area contributed by atoms with Crippen LogP contribution >= 0.6 is 27.5 Å². The zero-order valence-corrected chi connectivity index (χ0v) is 14.5. The van der Waals surface area contributed by atoms with Crippen LogP contribution in [0.3, 0.4) is 0 Å². The number of aromatic nitrogens is 1. The standard InChI is InChI=1S/C15H13BrClF3N2O/c1-23-14-11(7-22-5-8(6-22)15(18,19)20)13(17)10-4-9(16)2-3-12(10)21-14/h2-4,8H,5-7H2,1H3. The van der Waals surface area contributed by atoms with Crippen molar-refractivity contribution in [2.24, 2.45) is 5.92 Å². The molecule has 2 heterocycles. The SMILES string of the molecule is COc1nc2ccc(Br)cc2c(Cl)c1CN1CC(C(F)(F)F)C1. The largest absolute Gasteiger partial charge is 0.481 e. The van der Waals surface area contributed by atoms with Gasteiger partial charge in [0.15, 0.2) is 0 Å². The van der Waals surface area contributed by atoms with Gasteiger partial charge in [0.2, 0.25) is 5.88 Å². The van der Waals surface area contributed by atoms with Crippen molar-refractivity contribution in [1.82, 2.24) is 9.88 Å². The number of fused-ring (bicyclic) bond motifs is 1. The molecule has 1 saturated heterocycles. The molecule has 1 fully saturated rings. The summed E-state index contributed by atoms with van der Waals surface area (Å²) < 4.78 is 43.9. The van der Waals surface area contributed by atoms with E-state index in [1.807, 2.05) is 12.1 Å². The molecule has 1 aliphatic heterocycles. The topological polar surface area (TPSA) is 25.4 Å². The Morgan fingerprint density at radius 3 is 2.70 bits per heavy atom. The first-order valence-corrected chi connectivity index (χ1v) is 8.07. The predicted molar refractivity (Wildman–Crippen MR) is 85.8 cm³/mol. The van der Waals surface area contributed by atoms with Gasteiger partial charge in [0.25, 0.3) is 0 Å². The lowest BCUT2D eigenvalue weighted by Gasteiger charge is -2.40. The number of rotatable bonds is 3. The third-order valence-corrected chi connectivity index (χ3v) is 4.86. The molecule has 0 atom stereocenters.